The zero-order valence-corrected chi connectivity index (χ0v) is 13.3. The molecule has 1 saturated heterocycles. The normalized spacial score (nSPS) is 18.3. The molecule has 2 aromatic rings. The van der Waals surface area contributed by atoms with Gasteiger partial charge in [-0.2, -0.15) is 0 Å². The Hall–Kier alpha value is -2.14. The fraction of sp³-hybridized carbons (Fsp3) is 0.389. The molecule has 0 spiro atoms. The first-order valence-corrected chi connectivity index (χ1v) is 7.75. The quantitative estimate of drug-likeness (QED) is 0.803. The number of nitrogens with zero attached hydrogens (tertiary/aromatic N) is 1. The molecule has 0 saturated carbocycles. The van der Waals surface area contributed by atoms with Gasteiger partial charge in [0.05, 0.1) is 13.7 Å². The Labute approximate surface area is 134 Å². The third-order valence-electron chi connectivity index (χ3n) is 4.30. The summed E-state index contributed by atoms with van der Waals surface area (Å²) in [6.45, 7) is 3.35. The largest absolute Gasteiger partial charge is 0.463 e. The predicted molar refractivity (Wildman–Crippen MR) is 83.6 cm³/mol. The van der Waals surface area contributed by atoms with Crippen LogP contribution < -0.4 is 0 Å². The zero-order valence-electron chi connectivity index (χ0n) is 13.3. The number of rotatable bonds is 4. The molecular formula is C18H20FNO3. The van der Waals surface area contributed by atoms with Gasteiger partial charge < -0.3 is 9.15 Å². The van der Waals surface area contributed by atoms with Crippen LogP contribution in [0.1, 0.15) is 46.3 Å². The summed E-state index contributed by atoms with van der Waals surface area (Å²) in [6.07, 6.45) is 2.05. The van der Waals surface area contributed by atoms with E-state index < -0.39 is 5.97 Å². The van der Waals surface area contributed by atoms with E-state index in [9.17, 15) is 9.18 Å². The standard InChI is InChI=1S/C18H20FNO3/c1-12-9-15(23-17(12)18(21)22-2)11-20-8-4-7-16(20)13-5-3-6-14(19)10-13/h3,5-6,9-10,16H,4,7-8,11H2,1-2H3/t16-/m1/s1. The second-order valence-electron chi connectivity index (χ2n) is 5.90. The molecule has 23 heavy (non-hydrogen) atoms. The second kappa shape index (κ2) is 6.54. The van der Waals surface area contributed by atoms with E-state index in [-0.39, 0.29) is 17.6 Å². The van der Waals surface area contributed by atoms with E-state index in [4.69, 9.17) is 9.15 Å². The molecular weight excluding hydrogens is 297 g/mol. The molecule has 0 bridgehead atoms. The van der Waals surface area contributed by atoms with Crippen molar-refractivity contribution < 1.29 is 18.3 Å². The Kier molecular flexibility index (Phi) is 4.48. The molecule has 0 unspecified atom stereocenters. The molecule has 0 amide bonds. The number of methoxy groups -OCH3 is 1. The predicted octanol–water partition coefficient (Wildman–Crippen LogP) is 3.85. The minimum atomic E-state index is -0.461. The van der Waals surface area contributed by atoms with Gasteiger partial charge in [-0.15, -0.1) is 0 Å². The van der Waals surface area contributed by atoms with Crippen molar-refractivity contribution in [1.82, 2.24) is 4.90 Å². The highest BCUT2D eigenvalue weighted by atomic mass is 19.1. The summed E-state index contributed by atoms with van der Waals surface area (Å²) >= 11 is 0. The van der Waals surface area contributed by atoms with Crippen molar-refractivity contribution in [3.8, 4) is 0 Å². The summed E-state index contributed by atoms with van der Waals surface area (Å²) in [5.41, 5.74) is 1.76. The average molecular weight is 317 g/mol. The van der Waals surface area contributed by atoms with Crippen molar-refractivity contribution in [1.29, 1.82) is 0 Å². The number of benzene rings is 1. The van der Waals surface area contributed by atoms with Gasteiger partial charge in [0.2, 0.25) is 5.76 Å². The van der Waals surface area contributed by atoms with Crippen LogP contribution in [0.25, 0.3) is 0 Å². The van der Waals surface area contributed by atoms with Crippen LogP contribution >= 0.6 is 0 Å². The molecule has 4 nitrogen and oxygen atoms in total. The van der Waals surface area contributed by atoms with Crippen molar-refractivity contribution >= 4 is 5.97 Å². The number of hydrogen-bond acceptors (Lipinski definition) is 4. The lowest BCUT2D eigenvalue weighted by molar-refractivity contribution is 0.0559. The van der Waals surface area contributed by atoms with Crippen LogP contribution in [0.4, 0.5) is 4.39 Å². The molecule has 0 N–H and O–H groups in total. The SMILES string of the molecule is COC(=O)c1oc(CN2CCC[C@@H]2c2cccc(F)c2)cc1C. The fourth-order valence-corrected chi connectivity index (χ4v) is 3.23. The summed E-state index contributed by atoms with van der Waals surface area (Å²) < 4.78 is 23.8. The summed E-state index contributed by atoms with van der Waals surface area (Å²) in [5, 5.41) is 0. The van der Waals surface area contributed by atoms with Crippen molar-refractivity contribution in [2.75, 3.05) is 13.7 Å². The molecule has 1 aliphatic heterocycles. The molecule has 3 rings (SSSR count). The Morgan fingerprint density at radius 2 is 2.26 bits per heavy atom. The molecule has 0 radical (unpaired) electrons. The third-order valence-corrected chi connectivity index (χ3v) is 4.30. The zero-order chi connectivity index (χ0) is 16.4. The van der Waals surface area contributed by atoms with Crippen LogP contribution in [0.3, 0.4) is 0 Å². The van der Waals surface area contributed by atoms with Crippen LogP contribution in [0, 0.1) is 12.7 Å². The smallest absolute Gasteiger partial charge is 0.374 e. The van der Waals surface area contributed by atoms with Gasteiger partial charge in [0, 0.05) is 11.6 Å². The number of esters is 1. The van der Waals surface area contributed by atoms with Gasteiger partial charge in [0.25, 0.3) is 0 Å². The van der Waals surface area contributed by atoms with E-state index >= 15 is 0 Å². The Morgan fingerprint density at radius 1 is 1.43 bits per heavy atom. The van der Waals surface area contributed by atoms with E-state index in [2.05, 4.69) is 4.90 Å². The first kappa shape index (κ1) is 15.7. The molecule has 122 valence electrons. The number of likely N-dealkylation sites (tertiary alicyclic amines) is 1. The number of aryl methyl sites for hydroxylation is 1. The maximum atomic E-state index is 13.5. The summed E-state index contributed by atoms with van der Waals surface area (Å²) in [7, 11) is 1.34. The number of furan rings is 1. The maximum absolute atomic E-state index is 13.5. The van der Waals surface area contributed by atoms with Crippen molar-refractivity contribution in [2.24, 2.45) is 0 Å². The van der Waals surface area contributed by atoms with Crippen LogP contribution in [0.15, 0.2) is 34.7 Å². The second-order valence-corrected chi connectivity index (χ2v) is 5.90. The van der Waals surface area contributed by atoms with Crippen LogP contribution in [0.2, 0.25) is 0 Å². The molecule has 1 aromatic heterocycles. The first-order valence-electron chi connectivity index (χ1n) is 7.75. The van der Waals surface area contributed by atoms with Crippen molar-refractivity contribution in [3.63, 3.8) is 0 Å². The Morgan fingerprint density at radius 3 is 3.00 bits per heavy atom. The summed E-state index contributed by atoms with van der Waals surface area (Å²) in [5.74, 6) is 0.309. The van der Waals surface area contributed by atoms with Gasteiger partial charge in [-0.3, -0.25) is 4.90 Å². The molecule has 5 heteroatoms. The maximum Gasteiger partial charge on any atom is 0.374 e. The number of carbonyl (C=O) groups is 1. The Balaban J connectivity index is 1.78. The lowest BCUT2D eigenvalue weighted by atomic mass is 10.0. The highest BCUT2D eigenvalue weighted by molar-refractivity contribution is 5.87. The van der Waals surface area contributed by atoms with Gasteiger partial charge in [-0.05, 0) is 50.1 Å². The van der Waals surface area contributed by atoms with Gasteiger partial charge in [-0.25, -0.2) is 9.18 Å². The molecule has 2 heterocycles. The van der Waals surface area contributed by atoms with Crippen LogP contribution in [-0.4, -0.2) is 24.5 Å². The topological polar surface area (TPSA) is 42.7 Å². The molecule has 1 atom stereocenters. The van der Waals surface area contributed by atoms with E-state index in [1.165, 1.54) is 13.2 Å². The minimum absolute atomic E-state index is 0.178. The summed E-state index contributed by atoms with van der Waals surface area (Å²) in [4.78, 5) is 13.9. The molecule has 1 aliphatic rings. The lowest BCUT2D eigenvalue weighted by Crippen LogP contribution is -2.22. The minimum Gasteiger partial charge on any atom is -0.463 e. The lowest BCUT2D eigenvalue weighted by Gasteiger charge is -2.23. The number of ether oxygens (including phenoxy) is 1. The average Bonchev–Trinajstić information content (AvgIpc) is 3.13. The van der Waals surface area contributed by atoms with Gasteiger partial charge in [0.1, 0.15) is 11.6 Å². The van der Waals surface area contributed by atoms with Crippen LogP contribution in [0.5, 0.6) is 0 Å². The van der Waals surface area contributed by atoms with E-state index in [0.29, 0.717) is 6.54 Å². The van der Waals surface area contributed by atoms with Gasteiger partial charge in [-0.1, -0.05) is 12.1 Å². The van der Waals surface area contributed by atoms with E-state index in [1.54, 1.807) is 12.1 Å². The number of hydrogen-bond donors (Lipinski definition) is 0. The third kappa shape index (κ3) is 3.29. The monoisotopic (exact) mass is 317 g/mol. The fourth-order valence-electron chi connectivity index (χ4n) is 3.23. The van der Waals surface area contributed by atoms with E-state index in [0.717, 1.165) is 36.3 Å². The van der Waals surface area contributed by atoms with Crippen molar-refractivity contribution in [3.05, 3.63) is 58.8 Å². The van der Waals surface area contributed by atoms with Gasteiger partial charge in [0.15, 0.2) is 0 Å². The molecule has 1 aromatic carbocycles. The summed E-state index contributed by atoms with van der Waals surface area (Å²) in [6, 6.07) is 8.80. The molecule has 1 fully saturated rings. The van der Waals surface area contributed by atoms with Gasteiger partial charge >= 0.3 is 5.97 Å². The Bertz CT molecular complexity index is 710. The first-order chi connectivity index (χ1) is 11.1. The number of halogens is 1. The molecule has 0 aliphatic carbocycles. The highest BCUT2D eigenvalue weighted by Gasteiger charge is 2.28. The highest BCUT2D eigenvalue weighted by Crippen LogP contribution is 2.33. The van der Waals surface area contributed by atoms with Crippen LogP contribution in [-0.2, 0) is 11.3 Å². The van der Waals surface area contributed by atoms with Crippen molar-refractivity contribution in [2.45, 2.75) is 32.4 Å². The number of carbonyl (C=O) groups excluding carboxylic acids is 1. The van der Waals surface area contributed by atoms with E-state index in [1.807, 2.05) is 19.1 Å².